The van der Waals surface area contributed by atoms with E-state index < -0.39 is 18.6 Å². The van der Waals surface area contributed by atoms with Gasteiger partial charge in [-0.05, 0) is 32.1 Å². The van der Waals surface area contributed by atoms with E-state index in [1.54, 1.807) is 0 Å². The molecule has 1 amide bonds. The molecular formula is C21H39NO4. The topological polar surface area (TPSA) is 86.6 Å². The lowest BCUT2D eigenvalue weighted by Gasteiger charge is -2.11. The maximum Gasteiger partial charge on any atom is 0.328 e. The van der Waals surface area contributed by atoms with E-state index in [1.807, 2.05) is 0 Å². The van der Waals surface area contributed by atoms with Crippen molar-refractivity contribution in [1.82, 2.24) is 5.32 Å². The summed E-state index contributed by atoms with van der Waals surface area (Å²) in [5.74, 6) is -1.51. The largest absolute Gasteiger partial charge is 0.480 e. The van der Waals surface area contributed by atoms with Gasteiger partial charge in [-0.1, -0.05) is 70.4 Å². The number of allylic oxidation sites excluding steroid dienone is 2. The van der Waals surface area contributed by atoms with Gasteiger partial charge in [-0.3, -0.25) is 4.79 Å². The number of aliphatic hydroxyl groups excluding tert-OH is 1. The Kier molecular flexibility index (Phi) is 17.5. The third-order valence-corrected chi connectivity index (χ3v) is 4.48. The molecule has 0 heterocycles. The van der Waals surface area contributed by atoms with Crippen LogP contribution in [0.2, 0.25) is 0 Å². The van der Waals surface area contributed by atoms with Crippen LogP contribution in [0.15, 0.2) is 12.2 Å². The van der Waals surface area contributed by atoms with Crippen LogP contribution in [0.5, 0.6) is 0 Å². The van der Waals surface area contributed by atoms with Crippen LogP contribution in [-0.2, 0) is 9.59 Å². The summed E-state index contributed by atoms with van der Waals surface area (Å²) in [4.78, 5) is 22.3. The van der Waals surface area contributed by atoms with Crippen molar-refractivity contribution < 1.29 is 19.8 Å². The predicted octanol–water partition coefficient (Wildman–Crippen LogP) is 4.59. The number of carboxylic acids is 1. The Balaban J connectivity index is 3.36. The van der Waals surface area contributed by atoms with Gasteiger partial charge in [0.2, 0.25) is 5.91 Å². The minimum absolute atomic E-state index is 0.302. The Labute approximate surface area is 159 Å². The number of rotatable bonds is 18. The van der Waals surface area contributed by atoms with Crippen LogP contribution in [0, 0.1) is 0 Å². The number of carboxylic acid groups (broad SMARTS) is 1. The zero-order valence-corrected chi connectivity index (χ0v) is 16.5. The van der Waals surface area contributed by atoms with Crippen molar-refractivity contribution in [2.75, 3.05) is 6.61 Å². The molecule has 0 aromatic heterocycles. The highest BCUT2D eigenvalue weighted by molar-refractivity contribution is 5.83. The van der Waals surface area contributed by atoms with Gasteiger partial charge in [-0.2, -0.15) is 0 Å². The van der Waals surface area contributed by atoms with Crippen LogP contribution in [0.3, 0.4) is 0 Å². The monoisotopic (exact) mass is 369 g/mol. The van der Waals surface area contributed by atoms with Crippen molar-refractivity contribution in [3.8, 4) is 0 Å². The van der Waals surface area contributed by atoms with E-state index in [0.29, 0.717) is 6.42 Å². The first-order valence-corrected chi connectivity index (χ1v) is 10.4. The molecule has 3 N–H and O–H groups in total. The highest BCUT2D eigenvalue weighted by Crippen LogP contribution is 2.10. The molecule has 152 valence electrons. The fourth-order valence-electron chi connectivity index (χ4n) is 2.81. The van der Waals surface area contributed by atoms with Gasteiger partial charge in [0.25, 0.3) is 0 Å². The summed E-state index contributed by atoms with van der Waals surface area (Å²) in [6.07, 6.45) is 20.5. The van der Waals surface area contributed by atoms with Gasteiger partial charge in [0, 0.05) is 6.42 Å². The maximum absolute atomic E-state index is 11.6. The Morgan fingerprint density at radius 1 is 0.846 bits per heavy atom. The second-order valence-corrected chi connectivity index (χ2v) is 6.98. The lowest BCUT2D eigenvalue weighted by Crippen LogP contribution is -2.43. The maximum atomic E-state index is 11.6. The Morgan fingerprint density at radius 2 is 1.35 bits per heavy atom. The summed E-state index contributed by atoms with van der Waals surface area (Å²) in [7, 11) is 0. The molecule has 0 aliphatic carbocycles. The first-order chi connectivity index (χ1) is 12.6. The van der Waals surface area contributed by atoms with Crippen LogP contribution >= 0.6 is 0 Å². The number of amides is 1. The van der Waals surface area contributed by atoms with Gasteiger partial charge in [0.1, 0.15) is 6.04 Å². The Hall–Kier alpha value is -1.36. The molecule has 0 bridgehead atoms. The predicted molar refractivity (Wildman–Crippen MR) is 106 cm³/mol. The molecule has 0 aromatic rings. The quantitative estimate of drug-likeness (QED) is 0.244. The van der Waals surface area contributed by atoms with E-state index in [9.17, 15) is 9.59 Å². The number of hydrogen-bond acceptors (Lipinski definition) is 3. The Morgan fingerprint density at radius 3 is 1.85 bits per heavy atom. The van der Waals surface area contributed by atoms with Gasteiger partial charge >= 0.3 is 5.97 Å². The number of aliphatic carboxylic acids is 1. The number of unbranched alkanes of at least 4 members (excludes halogenated alkanes) is 11. The van der Waals surface area contributed by atoms with Crippen LogP contribution in [-0.4, -0.2) is 34.7 Å². The number of carbonyl (C=O) groups is 2. The summed E-state index contributed by atoms with van der Waals surface area (Å²) in [6, 6.07) is -1.19. The zero-order valence-electron chi connectivity index (χ0n) is 16.5. The van der Waals surface area contributed by atoms with Gasteiger partial charge in [0.15, 0.2) is 0 Å². The summed E-state index contributed by atoms with van der Waals surface area (Å²) in [5, 5.41) is 19.9. The van der Waals surface area contributed by atoms with Gasteiger partial charge in [-0.25, -0.2) is 4.79 Å². The lowest BCUT2D eigenvalue weighted by atomic mass is 10.1. The van der Waals surface area contributed by atoms with E-state index >= 15 is 0 Å². The SMILES string of the molecule is CCCCCCCCC=CCCCCCCCC(=O)N[C@H](CO)C(=O)O. The molecule has 0 fully saturated rings. The fraction of sp³-hybridized carbons (Fsp3) is 0.810. The normalized spacial score (nSPS) is 12.4. The standard InChI is InChI=1S/C21H39NO4/c1-2-3-4-5-6-7-8-9-10-11-12-13-14-15-16-17-20(24)22-19(18-23)21(25)26/h9-10,19,23H,2-8,11-18H2,1H3,(H,22,24)(H,25,26)/t19-/m1/s1. The van der Waals surface area contributed by atoms with Crippen LogP contribution in [0.1, 0.15) is 96.8 Å². The van der Waals surface area contributed by atoms with Crippen molar-refractivity contribution in [3.63, 3.8) is 0 Å². The molecule has 26 heavy (non-hydrogen) atoms. The molecular weight excluding hydrogens is 330 g/mol. The smallest absolute Gasteiger partial charge is 0.328 e. The van der Waals surface area contributed by atoms with Crippen molar-refractivity contribution in [2.45, 2.75) is 103 Å². The molecule has 1 atom stereocenters. The summed E-state index contributed by atoms with van der Waals surface area (Å²) < 4.78 is 0. The molecule has 5 nitrogen and oxygen atoms in total. The van der Waals surface area contributed by atoms with Crippen molar-refractivity contribution in [1.29, 1.82) is 0 Å². The average molecular weight is 370 g/mol. The van der Waals surface area contributed by atoms with Gasteiger partial charge in [-0.15, -0.1) is 0 Å². The fourth-order valence-corrected chi connectivity index (χ4v) is 2.81. The van der Waals surface area contributed by atoms with E-state index in [1.165, 1.54) is 51.4 Å². The van der Waals surface area contributed by atoms with E-state index in [4.69, 9.17) is 10.2 Å². The third-order valence-electron chi connectivity index (χ3n) is 4.48. The molecule has 0 rings (SSSR count). The number of nitrogens with one attached hydrogen (secondary N) is 1. The highest BCUT2D eigenvalue weighted by atomic mass is 16.4. The Bertz CT molecular complexity index is 382. The molecule has 0 radical (unpaired) electrons. The van der Waals surface area contributed by atoms with Crippen molar-refractivity contribution in [3.05, 3.63) is 12.2 Å². The van der Waals surface area contributed by atoms with Crippen LogP contribution < -0.4 is 5.32 Å². The summed E-state index contributed by atoms with van der Waals surface area (Å²) in [6.45, 7) is 1.67. The second kappa shape index (κ2) is 18.4. The van der Waals surface area contributed by atoms with E-state index in [2.05, 4.69) is 24.4 Å². The van der Waals surface area contributed by atoms with Crippen molar-refractivity contribution in [2.24, 2.45) is 0 Å². The lowest BCUT2D eigenvalue weighted by molar-refractivity contribution is -0.142. The van der Waals surface area contributed by atoms with E-state index in [0.717, 1.165) is 32.1 Å². The number of hydrogen-bond donors (Lipinski definition) is 3. The molecule has 5 heteroatoms. The van der Waals surface area contributed by atoms with Crippen molar-refractivity contribution >= 4 is 11.9 Å². The molecule has 0 saturated heterocycles. The van der Waals surface area contributed by atoms with Crippen LogP contribution in [0.4, 0.5) is 0 Å². The molecule has 0 unspecified atom stereocenters. The molecule has 0 spiro atoms. The summed E-state index contributed by atoms with van der Waals surface area (Å²) >= 11 is 0. The van der Waals surface area contributed by atoms with Gasteiger partial charge < -0.3 is 15.5 Å². The third kappa shape index (κ3) is 16.1. The minimum Gasteiger partial charge on any atom is -0.480 e. The summed E-state index contributed by atoms with van der Waals surface area (Å²) in [5.41, 5.74) is 0. The first kappa shape index (κ1) is 24.6. The second-order valence-electron chi connectivity index (χ2n) is 6.98. The minimum atomic E-state index is -1.20. The molecule has 0 aliphatic heterocycles. The van der Waals surface area contributed by atoms with Crippen LogP contribution in [0.25, 0.3) is 0 Å². The van der Waals surface area contributed by atoms with E-state index in [-0.39, 0.29) is 5.91 Å². The molecule has 0 aliphatic rings. The first-order valence-electron chi connectivity index (χ1n) is 10.4. The number of aliphatic hydroxyl groups is 1. The molecule has 0 aromatic carbocycles. The molecule has 0 saturated carbocycles. The zero-order chi connectivity index (χ0) is 19.5. The highest BCUT2D eigenvalue weighted by Gasteiger charge is 2.17. The van der Waals surface area contributed by atoms with Gasteiger partial charge in [0.05, 0.1) is 6.61 Å². The number of carbonyl (C=O) groups excluding carboxylic acids is 1. The average Bonchev–Trinajstić information content (AvgIpc) is 2.62.